The number of halogens is 1. The highest BCUT2D eigenvalue weighted by Gasteiger charge is 2.25. The summed E-state index contributed by atoms with van der Waals surface area (Å²) in [5.41, 5.74) is 0.746. The summed E-state index contributed by atoms with van der Waals surface area (Å²) >= 11 is 7.27. The Kier molecular flexibility index (Phi) is 4.14. The molecule has 0 unspecified atom stereocenters. The fourth-order valence-electron chi connectivity index (χ4n) is 1.63. The second-order valence-corrected chi connectivity index (χ2v) is 5.35. The number of aromatic hydroxyl groups is 1. The predicted octanol–water partition coefficient (Wildman–Crippen LogP) is 2.28. The lowest BCUT2D eigenvalue weighted by Crippen LogP contribution is -2.19. The van der Waals surface area contributed by atoms with Gasteiger partial charge in [0.2, 0.25) is 0 Å². The molecule has 18 heavy (non-hydrogen) atoms. The number of carbonyl (C=O) groups excluding carboxylic acids is 1. The van der Waals surface area contributed by atoms with E-state index >= 15 is 0 Å². The molecule has 0 saturated carbocycles. The molecular weight excluding hydrogens is 274 g/mol. The van der Waals surface area contributed by atoms with Crippen molar-refractivity contribution in [3.05, 3.63) is 28.8 Å². The monoisotopic (exact) mass is 285 g/mol. The van der Waals surface area contributed by atoms with Gasteiger partial charge < -0.3 is 9.84 Å². The molecule has 96 valence electrons. The van der Waals surface area contributed by atoms with Crippen LogP contribution in [0.15, 0.2) is 23.2 Å². The van der Waals surface area contributed by atoms with E-state index in [0.717, 1.165) is 10.6 Å². The number of esters is 1. The molecule has 4 nitrogen and oxygen atoms in total. The number of rotatable bonds is 3. The number of aliphatic imine (C=N–C) groups is 1. The van der Waals surface area contributed by atoms with E-state index in [1.807, 2.05) is 0 Å². The first-order valence-electron chi connectivity index (χ1n) is 5.35. The molecular formula is C12H12ClNO3S. The van der Waals surface area contributed by atoms with Crippen LogP contribution in [-0.4, -0.2) is 35.0 Å². The number of hydrogen-bond donors (Lipinski definition) is 1. The molecule has 1 atom stereocenters. The van der Waals surface area contributed by atoms with Gasteiger partial charge in [-0.05, 0) is 12.1 Å². The van der Waals surface area contributed by atoms with E-state index in [2.05, 4.69) is 9.73 Å². The van der Waals surface area contributed by atoms with E-state index in [9.17, 15) is 9.90 Å². The quantitative estimate of drug-likeness (QED) is 0.866. The molecule has 0 saturated heterocycles. The van der Waals surface area contributed by atoms with E-state index < -0.39 is 6.04 Å². The van der Waals surface area contributed by atoms with Gasteiger partial charge in [0.05, 0.1) is 12.2 Å². The number of methoxy groups -OCH3 is 1. The van der Waals surface area contributed by atoms with Crippen LogP contribution in [0.25, 0.3) is 0 Å². The third-order valence-electron chi connectivity index (χ3n) is 2.57. The summed E-state index contributed by atoms with van der Waals surface area (Å²) < 4.78 is 4.65. The zero-order chi connectivity index (χ0) is 13.1. The Bertz CT molecular complexity index is 504. The highest BCUT2D eigenvalue weighted by molar-refractivity contribution is 8.14. The number of benzene rings is 1. The lowest BCUT2D eigenvalue weighted by atomic mass is 10.1. The van der Waals surface area contributed by atoms with Crippen LogP contribution in [0.2, 0.25) is 5.02 Å². The zero-order valence-corrected chi connectivity index (χ0v) is 11.3. The van der Waals surface area contributed by atoms with Crippen molar-refractivity contribution in [3.63, 3.8) is 0 Å². The molecule has 0 aromatic heterocycles. The lowest BCUT2D eigenvalue weighted by Gasteiger charge is -2.04. The number of carbonyl (C=O) groups is 1. The topological polar surface area (TPSA) is 58.9 Å². The molecule has 1 aliphatic rings. The Morgan fingerprint density at radius 1 is 1.67 bits per heavy atom. The zero-order valence-electron chi connectivity index (χ0n) is 9.72. The van der Waals surface area contributed by atoms with Crippen molar-refractivity contribution in [2.45, 2.75) is 12.5 Å². The van der Waals surface area contributed by atoms with Gasteiger partial charge in [-0.25, -0.2) is 4.79 Å². The van der Waals surface area contributed by atoms with E-state index in [0.29, 0.717) is 17.2 Å². The van der Waals surface area contributed by atoms with Crippen molar-refractivity contribution in [3.8, 4) is 5.75 Å². The fraction of sp³-hybridized carbons (Fsp3) is 0.333. The van der Waals surface area contributed by atoms with Crippen LogP contribution in [0.3, 0.4) is 0 Å². The van der Waals surface area contributed by atoms with Gasteiger partial charge in [0, 0.05) is 22.8 Å². The maximum absolute atomic E-state index is 11.3. The van der Waals surface area contributed by atoms with E-state index in [1.54, 1.807) is 12.1 Å². The smallest absolute Gasteiger partial charge is 0.331 e. The summed E-state index contributed by atoms with van der Waals surface area (Å²) in [7, 11) is 1.35. The van der Waals surface area contributed by atoms with Crippen LogP contribution in [0.1, 0.15) is 5.56 Å². The molecule has 0 amide bonds. The normalized spacial score (nSPS) is 18.6. The summed E-state index contributed by atoms with van der Waals surface area (Å²) in [6.45, 7) is 0. The van der Waals surface area contributed by atoms with E-state index in [1.165, 1.54) is 24.9 Å². The van der Waals surface area contributed by atoms with Gasteiger partial charge in [0.15, 0.2) is 6.04 Å². The molecule has 1 aromatic rings. The highest BCUT2D eigenvalue weighted by Crippen LogP contribution is 2.27. The second kappa shape index (κ2) is 5.63. The average molecular weight is 286 g/mol. The molecule has 6 heteroatoms. The number of hydrogen-bond acceptors (Lipinski definition) is 5. The molecule has 0 bridgehead atoms. The van der Waals surface area contributed by atoms with Crippen LogP contribution >= 0.6 is 23.4 Å². The lowest BCUT2D eigenvalue weighted by molar-refractivity contribution is -0.141. The van der Waals surface area contributed by atoms with Crippen molar-refractivity contribution >= 4 is 34.4 Å². The number of ether oxygens (including phenoxy) is 1. The Hall–Kier alpha value is -1.20. The van der Waals surface area contributed by atoms with Gasteiger partial charge in [-0.1, -0.05) is 17.7 Å². The Balaban J connectivity index is 2.08. The van der Waals surface area contributed by atoms with Crippen molar-refractivity contribution in [2.75, 3.05) is 12.9 Å². The average Bonchev–Trinajstić information content (AvgIpc) is 2.80. The fourth-order valence-corrected chi connectivity index (χ4v) is 2.81. The van der Waals surface area contributed by atoms with Gasteiger partial charge in [0.25, 0.3) is 0 Å². The summed E-state index contributed by atoms with van der Waals surface area (Å²) in [5, 5.41) is 11.0. The Morgan fingerprint density at radius 3 is 3.11 bits per heavy atom. The van der Waals surface area contributed by atoms with E-state index in [4.69, 9.17) is 11.6 Å². The van der Waals surface area contributed by atoms with Crippen LogP contribution in [0.4, 0.5) is 0 Å². The maximum Gasteiger partial charge on any atom is 0.331 e. The number of phenols is 1. The molecule has 1 aliphatic heterocycles. The first-order valence-corrected chi connectivity index (χ1v) is 6.71. The van der Waals surface area contributed by atoms with Gasteiger partial charge >= 0.3 is 5.97 Å². The van der Waals surface area contributed by atoms with Crippen LogP contribution in [-0.2, 0) is 16.0 Å². The molecule has 2 rings (SSSR count). The number of thioether (sulfide) groups is 1. The van der Waals surface area contributed by atoms with Crippen LogP contribution < -0.4 is 0 Å². The third-order valence-corrected chi connectivity index (χ3v) is 3.87. The minimum Gasteiger partial charge on any atom is -0.508 e. The van der Waals surface area contributed by atoms with Crippen molar-refractivity contribution in [1.82, 2.24) is 0 Å². The number of phenolic OH excluding ortho intramolecular Hbond substituents is 1. The summed E-state index contributed by atoms with van der Waals surface area (Å²) in [5.74, 6) is 0.418. The molecule has 0 radical (unpaired) electrons. The predicted molar refractivity (Wildman–Crippen MR) is 72.5 cm³/mol. The van der Waals surface area contributed by atoms with Gasteiger partial charge in [-0.2, -0.15) is 0 Å². The molecule has 1 aromatic carbocycles. The van der Waals surface area contributed by atoms with E-state index in [-0.39, 0.29) is 11.7 Å². The maximum atomic E-state index is 11.3. The van der Waals surface area contributed by atoms with Crippen molar-refractivity contribution in [1.29, 1.82) is 0 Å². The second-order valence-electron chi connectivity index (χ2n) is 3.82. The SMILES string of the molecule is COC(=O)[C@@H]1CSC(Cc2ccc(Cl)cc2O)=N1. The van der Waals surface area contributed by atoms with Crippen LogP contribution in [0, 0.1) is 0 Å². The molecule has 0 aliphatic carbocycles. The molecule has 1 heterocycles. The highest BCUT2D eigenvalue weighted by atomic mass is 35.5. The summed E-state index contributed by atoms with van der Waals surface area (Å²) in [4.78, 5) is 15.6. The Labute approximate surface area is 114 Å². The van der Waals surface area contributed by atoms with Gasteiger partial charge in [0.1, 0.15) is 5.75 Å². The van der Waals surface area contributed by atoms with Crippen molar-refractivity contribution < 1.29 is 14.6 Å². The minimum absolute atomic E-state index is 0.146. The summed E-state index contributed by atoms with van der Waals surface area (Å²) in [6.07, 6.45) is 0.501. The Morgan fingerprint density at radius 2 is 2.44 bits per heavy atom. The first-order chi connectivity index (χ1) is 8.60. The third kappa shape index (κ3) is 2.97. The van der Waals surface area contributed by atoms with Crippen LogP contribution in [0.5, 0.6) is 5.75 Å². The molecule has 0 fully saturated rings. The van der Waals surface area contributed by atoms with Crippen molar-refractivity contribution in [2.24, 2.45) is 4.99 Å². The molecule has 0 spiro atoms. The number of nitrogens with zero attached hydrogens (tertiary/aromatic N) is 1. The first kappa shape index (κ1) is 13.2. The van der Waals surface area contributed by atoms with Gasteiger partial charge in [-0.3, -0.25) is 4.99 Å². The van der Waals surface area contributed by atoms with Gasteiger partial charge in [-0.15, -0.1) is 11.8 Å². The molecule has 1 N–H and O–H groups in total. The minimum atomic E-state index is -0.426. The summed E-state index contributed by atoms with van der Waals surface area (Å²) in [6, 6.07) is 4.54. The largest absolute Gasteiger partial charge is 0.508 e. The standard InChI is InChI=1S/C12H12ClNO3S/c1-17-12(16)9-6-18-11(14-9)4-7-2-3-8(13)5-10(7)15/h2-3,5,9,15H,4,6H2,1H3/t9-/m0/s1.